The Bertz CT molecular complexity index is 571. The molecule has 1 aromatic carbocycles. The molecule has 2 N–H and O–H groups in total. The summed E-state index contributed by atoms with van der Waals surface area (Å²) >= 11 is 11.8. The molecule has 0 radical (unpaired) electrons. The van der Waals surface area contributed by atoms with Crippen molar-refractivity contribution in [1.82, 2.24) is 4.72 Å². The maximum atomic E-state index is 12.3. The van der Waals surface area contributed by atoms with Crippen molar-refractivity contribution in [2.24, 2.45) is 0 Å². The summed E-state index contributed by atoms with van der Waals surface area (Å²) in [7, 11) is -3.76. The number of halogens is 2. The van der Waals surface area contributed by atoms with Crippen molar-refractivity contribution < 1.29 is 13.5 Å². The minimum atomic E-state index is -3.76. The second-order valence-electron chi connectivity index (χ2n) is 4.88. The van der Waals surface area contributed by atoms with Crippen molar-refractivity contribution in [2.45, 2.75) is 44.2 Å². The molecule has 0 fully saturated rings. The van der Waals surface area contributed by atoms with Crippen LogP contribution in [0.4, 0.5) is 0 Å². The molecule has 0 saturated carbocycles. The number of rotatable bonds is 5. The van der Waals surface area contributed by atoms with E-state index in [1.54, 1.807) is 13.8 Å². The largest absolute Gasteiger partial charge is 0.392 e. The monoisotopic (exact) mass is 325 g/mol. The summed E-state index contributed by atoms with van der Waals surface area (Å²) in [6.07, 6.45) is 0.629. The number of aliphatic hydroxyl groups excluding tert-OH is 1. The summed E-state index contributed by atoms with van der Waals surface area (Å²) in [6, 6.07) is 2.61. The van der Waals surface area contributed by atoms with Gasteiger partial charge in [-0.05, 0) is 38.0 Å². The summed E-state index contributed by atoms with van der Waals surface area (Å²) in [6.45, 7) is 5.09. The Balaban J connectivity index is 3.29. The van der Waals surface area contributed by atoms with Crippen LogP contribution in [0.15, 0.2) is 17.0 Å². The summed E-state index contributed by atoms with van der Waals surface area (Å²) in [5.74, 6) is 0. The first-order chi connectivity index (χ1) is 8.63. The lowest BCUT2D eigenvalue weighted by Crippen LogP contribution is -2.42. The Kier molecular flexibility index (Phi) is 5.26. The predicted octanol–water partition coefficient (Wildman–Crippen LogP) is 2.95. The molecule has 0 saturated heterocycles. The summed E-state index contributed by atoms with van der Waals surface area (Å²) in [5.41, 5.74) is -0.262. The van der Waals surface area contributed by atoms with E-state index < -0.39 is 15.6 Å². The number of nitrogens with one attached hydrogen (secondary N) is 1. The van der Waals surface area contributed by atoms with Gasteiger partial charge in [0.2, 0.25) is 10.0 Å². The van der Waals surface area contributed by atoms with Crippen molar-refractivity contribution in [2.75, 3.05) is 0 Å². The summed E-state index contributed by atoms with van der Waals surface area (Å²) < 4.78 is 27.1. The molecule has 0 unspecified atom stereocenters. The van der Waals surface area contributed by atoms with E-state index >= 15 is 0 Å². The number of sulfonamides is 1. The van der Waals surface area contributed by atoms with Gasteiger partial charge in [-0.1, -0.05) is 30.1 Å². The summed E-state index contributed by atoms with van der Waals surface area (Å²) in [4.78, 5) is -0.0795. The molecule has 0 bridgehead atoms. The van der Waals surface area contributed by atoms with Crippen LogP contribution in [0.25, 0.3) is 0 Å². The highest BCUT2D eigenvalue weighted by Crippen LogP contribution is 2.29. The highest BCUT2D eigenvalue weighted by atomic mass is 35.5. The molecule has 1 aromatic rings. The van der Waals surface area contributed by atoms with Crippen LogP contribution in [0.1, 0.15) is 32.8 Å². The lowest BCUT2D eigenvalue weighted by atomic mass is 10.0. The van der Waals surface area contributed by atoms with Crippen molar-refractivity contribution in [1.29, 1.82) is 0 Å². The summed E-state index contributed by atoms with van der Waals surface area (Å²) in [5, 5.41) is 9.40. The van der Waals surface area contributed by atoms with Gasteiger partial charge in [0.15, 0.2) is 0 Å². The predicted molar refractivity (Wildman–Crippen MR) is 77.1 cm³/mol. The van der Waals surface area contributed by atoms with E-state index in [4.69, 9.17) is 28.3 Å². The van der Waals surface area contributed by atoms with Crippen molar-refractivity contribution in [3.8, 4) is 0 Å². The molecule has 0 aliphatic rings. The smallest absolute Gasteiger partial charge is 0.242 e. The fourth-order valence-electron chi connectivity index (χ4n) is 1.39. The molecule has 0 atom stereocenters. The molecule has 0 aliphatic carbocycles. The molecule has 4 nitrogen and oxygen atoms in total. The maximum absolute atomic E-state index is 12.3. The number of hydrogen-bond donors (Lipinski definition) is 2. The van der Waals surface area contributed by atoms with Gasteiger partial charge in [0, 0.05) is 10.6 Å². The van der Waals surface area contributed by atoms with Crippen LogP contribution in [0.3, 0.4) is 0 Å². The van der Waals surface area contributed by atoms with Gasteiger partial charge in [-0.25, -0.2) is 13.1 Å². The van der Waals surface area contributed by atoms with Crippen LogP contribution < -0.4 is 4.72 Å². The van der Waals surface area contributed by atoms with E-state index in [1.807, 2.05) is 6.92 Å². The second kappa shape index (κ2) is 5.97. The van der Waals surface area contributed by atoms with E-state index in [1.165, 1.54) is 12.1 Å². The van der Waals surface area contributed by atoms with E-state index in [-0.39, 0.29) is 21.5 Å². The van der Waals surface area contributed by atoms with Crippen molar-refractivity contribution in [3.63, 3.8) is 0 Å². The Hall–Kier alpha value is -0.330. The molecule has 0 aliphatic heterocycles. The Morgan fingerprint density at radius 3 is 2.32 bits per heavy atom. The SMILES string of the molecule is CCC(C)(C)NS(=O)(=O)c1cc(CO)c(Cl)cc1Cl. The molecule has 0 amide bonds. The fraction of sp³-hybridized carbons (Fsp3) is 0.500. The third-order valence-electron chi connectivity index (χ3n) is 2.86. The van der Waals surface area contributed by atoms with Crippen LogP contribution in [0.5, 0.6) is 0 Å². The topological polar surface area (TPSA) is 66.4 Å². The van der Waals surface area contributed by atoms with Crippen molar-refractivity contribution >= 4 is 33.2 Å². The third-order valence-corrected chi connectivity index (χ3v) is 5.37. The van der Waals surface area contributed by atoms with Crippen LogP contribution in [-0.2, 0) is 16.6 Å². The average Bonchev–Trinajstić information content (AvgIpc) is 2.27. The number of aliphatic hydroxyl groups is 1. The van der Waals surface area contributed by atoms with Gasteiger partial charge >= 0.3 is 0 Å². The molecule has 19 heavy (non-hydrogen) atoms. The standard InChI is InChI=1S/C12H17Cl2NO3S/c1-4-12(2,3)15-19(17,18)11-5-8(7-16)9(13)6-10(11)14/h5-6,15-16H,4,7H2,1-3H3. The molecule has 1 rings (SSSR count). The number of benzene rings is 1. The van der Waals surface area contributed by atoms with Gasteiger partial charge < -0.3 is 5.11 Å². The molecule has 0 spiro atoms. The van der Waals surface area contributed by atoms with Crippen LogP contribution in [-0.4, -0.2) is 19.1 Å². The maximum Gasteiger partial charge on any atom is 0.242 e. The lowest BCUT2D eigenvalue weighted by Gasteiger charge is -2.24. The first-order valence-corrected chi connectivity index (χ1v) is 7.99. The zero-order valence-electron chi connectivity index (χ0n) is 11.0. The Morgan fingerprint density at radius 2 is 1.84 bits per heavy atom. The minimum absolute atomic E-state index is 0.0293. The molecule has 0 heterocycles. The van der Waals surface area contributed by atoms with Gasteiger partial charge in [-0.3, -0.25) is 0 Å². The second-order valence-corrected chi connectivity index (χ2v) is 7.34. The molecule has 7 heteroatoms. The Labute approximate surface area is 123 Å². The normalized spacial score (nSPS) is 12.7. The van der Waals surface area contributed by atoms with Gasteiger partial charge in [0.1, 0.15) is 4.90 Å². The Morgan fingerprint density at radius 1 is 1.26 bits per heavy atom. The first kappa shape index (κ1) is 16.7. The minimum Gasteiger partial charge on any atom is -0.392 e. The lowest BCUT2D eigenvalue weighted by molar-refractivity contribution is 0.281. The van der Waals surface area contributed by atoms with Gasteiger partial charge in [0.05, 0.1) is 11.6 Å². The molecular formula is C12H17Cl2NO3S. The zero-order chi connectivity index (χ0) is 14.8. The quantitative estimate of drug-likeness (QED) is 0.874. The number of hydrogen-bond acceptors (Lipinski definition) is 3. The van der Waals surface area contributed by atoms with E-state index in [9.17, 15) is 8.42 Å². The van der Waals surface area contributed by atoms with Gasteiger partial charge in [-0.2, -0.15) is 0 Å². The van der Waals surface area contributed by atoms with Crippen LogP contribution in [0, 0.1) is 0 Å². The highest BCUT2D eigenvalue weighted by Gasteiger charge is 2.27. The highest BCUT2D eigenvalue weighted by molar-refractivity contribution is 7.89. The zero-order valence-corrected chi connectivity index (χ0v) is 13.3. The van der Waals surface area contributed by atoms with E-state index in [0.717, 1.165) is 0 Å². The van der Waals surface area contributed by atoms with Gasteiger partial charge in [0.25, 0.3) is 0 Å². The van der Waals surface area contributed by atoms with E-state index in [2.05, 4.69) is 4.72 Å². The molecule has 0 aromatic heterocycles. The van der Waals surface area contributed by atoms with Crippen LogP contribution >= 0.6 is 23.2 Å². The van der Waals surface area contributed by atoms with E-state index in [0.29, 0.717) is 12.0 Å². The van der Waals surface area contributed by atoms with Gasteiger partial charge in [-0.15, -0.1) is 0 Å². The molecule has 108 valence electrons. The van der Waals surface area contributed by atoms with Crippen LogP contribution in [0.2, 0.25) is 10.0 Å². The van der Waals surface area contributed by atoms with Crippen molar-refractivity contribution in [3.05, 3.63) is 27.7 Å². The third kappa shape index (κ3) is 4.07. The average molecular weight is 326 g/mol. The fourth-order valence-corrected chi connectivity index (χ4v) is 3.73. The molecular weight excluding hydrogens is 309 g/mol. The first-order valence-electron chi connectivity index (χ1n) is 5.75.